The lowest BCUT2D eigenvalue weighted by Gasteiger charge is -2.27. The van der Waals surface area contributed by atoms with Crippen molar-refractivity contribution >= 4 is 22.6 Å². The molecule has 1 aliphatic heterocycles. The topological polar surface area (TPSA) is 76.0 Å². The third-order valence-corrected chi connectivity index (χ3v) is 5.68. The molecule has 1 aliphatic rings. The van der Waals surface area contributed by atoms with E-state index in [4.69, 9.17) is 4.74 Å². The maximum absolute atomic E-state index is 13.4. The summed E-state index contributed by atoms with van der Waals surface area (Å²) in [6.45, 7) is 4.77. The second-order valence-corrected chi connectivity index (χ2v) is 7.57. The molecule has 0 saturated carbocycles. The van der Waals surface area contributed by atoms with Crippen molar-refractivity contribution in [1.82, 2.24) is 19.7 Å². The number of aryl methyl sites for hydroxylation is 1. The number of anilines is 1. The number of ether oxygens (including phenoxy) is 1. The number of nitrogens with one attached hydrogen (secondary N) is 1. The molecule has 0 bridgehead atoms. The van der Waals surface area contributed by atoms with Crippen LogP contribution in [0.15, 0.2) is 48.8 Å². The van der Waals surface area contributed by atoms with Gasteiger partial charge in [-0.15, -0.1) is 0 Å². The Morgan fingerprint density at radius 2 is 1.97 bits per heavy atom. The molecule has 2 aromatic carbocycles. The molecule has 1 atom stereocenters. The zero-order chi connectivity index (χ0) is 20.8. The molecule has 0 aliphatic carbocycles. The first-order chi connectivity index (χ1) is 14.6. The van der Waals surface area contributed by atoms with Gasteiger partial charge < -0.3 is 9.72 Å². The second kappa shape index (κ2) is 7.02. The molecule has 0 fully saturated rings. The lowest BCUT2D eigenvalue weighted by molar-refractivity contribution is 0.0988. The number of rotatable bonds is 5. The summed E-state index contributed by atoms with van der Waals surface area (Å²) in [5, 5.41) is 4.51. The maximum Gasteiger partial charge on any atom is 0.280 e. The molecule has 3 heterocycles. The summed E-state index contributed by atoms with van der Waals surface area (Å²) in [7, 11) is 1.88. The zero-order valence-corrected chi connectivity index (χ0v) is 17.2. The van der Waals surface area contributed by atoms with E-state index in [1.165, 1.54) is 0 Å². The average molecular weight is 401 g/mol. The predicted molar refractivity (Wildman–Crippen MR) is 115 cm³/mol. The Bertz CT molecular complexity index is 1240. The Hall–Kier alpha value is -3.61. The molecule has 4 aromatic rings. The highest BCUT2D eigenvalue weighted by atomic mass is 16.5. The zero-order valence-electron chi connectivity index (χ0n) is 17.2. The monoisotopic (exact) mass is 401 g/mol. The summed E-state index contributed by atoms with van der Waals surface area (Å²) in [6.07, 6.45) is 2.62. The number of imidazole rings is 1. The number of carbonyl (C=O) groups excluding carboxylic acids is 1. The Morgan fingerprint density at radius 1 is 1.17 bits per heavy atom. The third-order valence-electron chi connectivity index (χ3n) is 5.68. The lowest BCUT2D eigenvalue weighted by atomic mass is 9.98. The van der Waals surface area contributed by atoms with Crippen LogP contribution in [0.4, 0.5) is 5.69 Å². The Kier molecular flexibility index (Phi) is 4.31. The van der Waals surface area contributed by atoms with Gasteiger partial charge in [0.05, 0.1) is 30.0 Å². The fourth-order valence-electron chi connectivity index (χ4n) is 4.09. The molecule has 1 amide bonds. The largest absolute Gasteiger partial charge is 0.494 e. The van der Waals surface area contributed by atoms with Crippen LogP contribution in [0.3, 0.4) is 0 Å². The van der Waals surface area contributed by atoms with Crippen molar-refractivity contribution in [2.24, 2.45) is 7.05 Å². The highest BCUT2D eigenvalue weighted by molar-refractivity contribution is 6.11. The van der Waals surface area contributed by atoms with E-state index in [9.17, 15) is 4.79 Å². The van der Waals surface area contributed by atoms with Gasteiger partial charge in [0.1, 0.15) is 5.75 Å². The van der Waals surface area contributed by atoms with Gasteiger partial charge in [0.15, 0.2) is 5.69 Å². The number of hydrogen-bond donors (Lipinski definition) is 1. The molecule has 152 valence electrons. The normalized spacial score (nSPS) is 15.8. The van der Waals surface area contributed by atoms with Gasteiger partial charge in [-0.3, -0.25) is 14.4 Å². The minimum atomic E-state index is -0.248. The van der Waals surface area contributed by atoms with E-state index in [-0.39, 0.29) is 11.9 Å². The molecular weight excluding hydrogens is 378 g/mol. The first-order valence-corrected chi connectivity index (χ1v) is 10.1. The number of fused-ring (bicyclic) bond motifs is 2. The summed E-state index contributed by atoms with van der Waals surface area (Å²) in [6, 6.07) is 13.6. The minimum absolute atomic E-state index is 0.0936. The molecule has 0 spiro atoms. The van der Waals surface area contributed by atoms with Gasteiger partial charge in [0.2, 0.25) is 0 Å². The number of H-pyrrole nitrogens is 1. The van der Waals surface area contributed by atoms with Crippen LogP contribution in [0.5, 0.6) is 5.75 Å². The summed E-state index contributed by atoms with van der Waals surface area (Å²) < 4.78 is 7.52. The first-order valence-electron chi connectivity index (χ1n) is 10.1. The first kappa shape index (κ1) is 18.4. The summed E-state index contributed by atoms with van der Waals surface area (Å²) >= 11 is 0. The van der Waals surface area contributed by atoms with E-state index in [1.807, 2.05) is 61.3 Å². The van der Waals surface area contributed by atoms with Gasteiger partial charge in [-0.1, -0.05) is 19.1 Å². The number of nitrogens with zero attached hydrogens (tertiary/aromatic N) is 4. The molecule has 1 N–H and O–H groups in total. The molecule has 7 heteroatoms. The molecule has 7 nitrogen and oxygen atoms in total. The van der Waals surface area contributed by atoms with E-state index in [0.29, 0.717) is 12.3 Å². The predicted octanol–water partition coefficient (Wildman–Crippen LogP) is 4.14. The molecule has 1 unspecified atom stereocenters. The van der Waals surface area contributed by atoms with E-state index in [1.54, 1.807) is 11.0 Å². The van der Waals surface area contributed by atoms with Crippen molar-refractivity contribution in [3.05, 3.63) is 71.3 Å². The third kappa shape index (κ3) is 2.77. The fraction of sp³-hybridized carbons (Fsp3) is 0.261. The van der Waals surface area contributed by atoms with E-state index >= 15 is 0 Å². The van der Waals surface area contributed by atoms with Crippen molar-refractivity contribution in [2.75, 3.05) is 11.5 Å². The van der Waals surface area contributed by atoms with Crippen LogP contribution in [0, 0.1) is 6.92 Å². The van der Waals surface area contributed by atoms with Gasteiger partial charge in [0, 0.05) is 24.0 Å². The van der Waals surface area contributed by atoms with Crippen LogP contribution < -0.4 is 9.64 Å². The summed E-state index contributed by atoms with van der Waals surface area (Å²) in [5.74, 6) is 0.738. The highest BCUT2D eigenvalue weighted by Crippen LogP contribution is 2.43. The van der Waals surface area contributed by atoms with Crippen molar-refractivity contribution in [3.63, 3.8) is 0 Å². The van der Waals surface area contributed by atoms with Crippen molar-refractivity contribution < 1.29 is 9.53 Å². The molecule has 30 heavy (non-hydrogen) atoms. The number of carbonyl (C=O) groups is 1. The molecule has 0 saturated heterocycles. The average Bonchev–Trinajstić information content (AvgIpc) is 3.42. The van der Waals surface area contributed by atoms with Crippen LogP contribution in [0.2, 0.25) is 0 Å². The lowest BCUT2D eigenvalue weighted by Crippen LogP contribution is -2.29. The van der Waals surface area contributed by atoms with Crippen LogP contribution in [-0.4, -0.2) is 32.3 Å². The molecular formula is C23H23N5O2. The van der Waals surface area contributed by atoms with Crippen LogP contribution >= 0.6 is 0 Å². The van der Waals surface area contributed by atoms with Gasteiger partial charge in [-0.25, -0.2) is 4.98 Å². The van der Waals surface area contributed by atoms with Gasteiger partial charge in [0.25, 0.3) is 5.91 Å². The van der Waals surface area contributed by atoms with Crippen molar-refractivity contribution in [3.8, 4) is 5.75 Å². The quantitative estimate of drug-likeness (QED) is 0.545. The number of amides is 1. The van der Waals surface area contributed by atoms with Crippen LogP contribution in [-0.2, 0) is 7.05 Å². The standard InChI is InChI=1S/C23H23N5O2/c1-4-11-30-17-8-5-15(6-9-17)22-20-14(2)27(3)26-21(20)23(29)28(22)16-7-10-18-19(12-16)25-13-24-18/h5-10,12-13,22H,4,11H2,1-3H3,(H,24,25). The van der Waals surface area contributed by atoms with E-state index < -0.39 is 0 Å². The Labute approximate surface area is 174 Å². The Balaban J connectivity index is 1.62. The number of hydrogen-bond acceptors (Lipinski definition) is 4. The maximum atomic E-state index is 13.4. The van der Waals surface area contributed by atoms with Gasteiger partial charge in [-0.05, 0) is 49.2 Å². The summed E-state index contributed by atoms with van der Waals surface area (Å²) in [5.41, 5.74) is 6.04. The SMILES string of the molecule is CCCOc1ccc(C2c3c(nn(C)c3C)C(=O)N2c2ccc3nc[nH]c3c2)cc1. The molecule has 2 aromatic heterocycles. The van der Waals surface area contributed by atoms with E-state index in [0.717, 1.165) is 45.7 Å². The number of benzene rings is 2. The number of aromatic amines is 1. The number of aromatic nitrogens is 4. The molecule has 5 rings (SSSR count). The fourth-order valence-corrected chi connectivity index (χ4v) is 4.09. The second-order valence-electron chi connectivity index (χ2n) is 7.57. The van der Waals surface area contributed by atoms with E-state index in [2.05, 4.69) is 22.0 Å². The van der Waals surface area contributed by atoms with Crippen molar-refractivity contribution in [1.29, 1.82) is 0 Å². The molecule has 0 radical (unpaired) electrons. The van der Waals surface area contributed by atoms with Crippen molar-refractivity contribution in [2.45, 2.75) is 26.3 Å². The minimum Gasteiger partial charge on any atom is -0.494 e. The van der Waals surface area contributed by atoms with Crippen LogP contribution in [0.1, 0.15) is 46.7 Å². The summed E-state index contributed by atoms with van der Waals surface area (Å²) in [4.78, 5) is 22.7. The highest BCUT2D eigenvalue weighted by Gasteiger charge is 2.43. The smallest absolute Gasteiger partial charge is 0.280 e. The van der Waals surface area contributed by atoms with Gasteiger partial charge >= 0.3 is 0 Å². The van der Waals surface area contributed by atoms with Crippen LogP contribution in [0.25, 0.3) is 11.0 Å². The Morgan fingerprint density at radius 3 is 2.73 bits per heavy atom. The van der Waals surface area contributed by atoms with Gasteiger partial charge in [-0.2, -0.15) is 5.10 Å².